The molecule has 0 aliphatic heterocycles. The number of hydrogen-bond acceptors (Lipinski definition) is 4. The first-order valence-electron chi connectivity index (χ1n) is 4.50. The molecule has 1 aliphatic carbocycles. The zero-order chi connectivity index (χ0) is 11.1. The molecule has 78 valence electrons. The molecule has 5 heteroatoms. The number of sulfone groups is 1. The van der Waals surface area contributed by atoms with Crippen LogP contribution in [0.1, 0.15) is 6.42 Å². The summed E-state index contributed by atoms with van der Waals surface area (Å²) in [5, 5.41) is 7.95. The Morgan fingerprint density at radius 2 is 2.00 bits per heavy atom. The summed E-state index contributed by atoms with van der Waals surface area (Å²) in [6, 6.07) is 9.93. The molecule has 4 nitrogen and oxygen atoms in total. The molecular formula is C10H10N2O2S. The molecule has 1 aromatic rings. The van der Waals surface area contributed by atoms with Crippen LogP contribution in [0.25, 0.3) is 0 Å². The predicted octanol–water partition coefficient (Wildman–Crippen LogP) is 0.454. The lowest BCUT2D eigenvalue weighted by Crippen LogP contribution is -2.28. The van der Waals surface area contributed by atoms with Crippen LogP contribution >= 0.6 is 0 Å². The number of nitrogens with zero attached hydrogens (tertiary/aromatic N) is 1. The van der Waals surface area contributed by atoms with Crippen molar-refractivity contribution in [1.29, 1.82) is 5.26 Å². The lowest BCUT2D eigenvalue weighted by Gasteiger charge is -2.04. The molecule has 2 N–H and O–H groups in total. The van der Waals surface area contributed by atoms with Crippen molar-refractivity contribution in [3.05, 3.63) is 30.3 Å². The Bertz CT molecular complexity index is 518. The van der Waals surface area contributed by atoms with Gasteiger partial charge in [0.25, 0.3) is 0 Å². The first kappa shape index (κ1) is 10.1. The van der Waals surface area contributed by atoms with E-state index >= 15 is 0 Å². The summed E-state index contributed by atoms with van der Waals surface area (Å²) in [7, 11) is -3.43. The minimum atomic E-state index is -3.43. The number of nitrogens with two attached hydrogens (primary N) is 1. The van der Waals surface area contributed by atoms with Crippen molar-refractivity contribution in [2.75, 3.05) is 0 Å². The summed E-state index contributed by atoms with van der Waals surface area (Å²) in [4.78, 5) is 0.234. The summed E-state index contributed by atoms with van der Waals surface area (Å²) in [6.07, 6.45) is 0.223. The average Bonchev–Trinajstić information content (AvgIpc) is 2.94. The second-order valence-corrected chi connectivity index (χ2v) is 5.83. The van der Waals surface area contributed by atoms with E-state index in [4.69, 9.17) is 11.0 Å². The van der Waals surface area contributed by atoms with Gasteiger partial charge in [-0.2, -0.15) is 5.26 Å². The molecule has 0 unspecified atom stereocenters. The van der Waals surface area contributed by atoms with E-state index in [-0.39, 0.29) is 11.3 Å². The molecule has 1 saturated carbocycles. The normalized spacial score (nSPS) is 29.5. The SMILES string of the molecule is N#C[C@@]1(N)C[C@H]1S(=O)(=O)c1ccccc1. The van der Waals surface area contributed by atoms with Crippen LogP contribution in [0.3, 0.4) is 0 Å². The molecule has 0 radical (unpaired) electrons. The van der Waals surface area contributed by atoms with Crippen LogP contribution in [0.15, 0.2) is 35.2 Å². The van der Waals surface area contributed by atoms with Crippen molar-refractivity contribution < 1.29 is 8.42 Å². The van der Waals surface area contributed by atoms with Crippen molar-refractivity contribution in [3.8, 4) is 6.07 Å². The summed E-state index contributed by atoms with van der Waals surface area (Å²) in [5.74, 6) is 0. The second-order valence-electron chi connectivity index (χ2n) is 3.70. The maximum absolute atomic E-state index is 11.9. The Labute approximate surface area is 88.2 Å². The van der Waals surface area contributed by atoms with E-state index in [1.165, 1.54) is 12.1 Å². The van der Waals surface area contributed by atoms with E-state index in [1.54, 1.807) is 18.2 Å². The van der Waals surface area contributed by atoms with Gasteiger partial charge in [-0.1, -0.05) is 18.2 Å². The van der Waals surface area contributed by atoms with Crippen molar-refractivity contribution in [3.63, 3.8) is 0 Å². The van der Waals surface area contributed by atoms with Gasteiger partial charge in [-0.3, -0.25) is 0 Å². The van der Waals surface area contributed by atoms with Gasteiger partial charge < -0.3 is 5.73 Å². The molecule has 1 aromatic carbocycles. The quantitative estimate of drug-likeness (QED) is 0.787. The van der Waals surface area contributed by atoms with Crippen LogP contribution in [0.2, 0.25) is 0 Å². The van der Waals surface area contributed by atoms with E-state index in [9.17, 15) is 8.42 Å². The third-order valence-corrected chi connectivity index (χ3v) is 4.86. The maximum atomic E-state index is 11.9. The van der Waals surface area contributed by atoms with Gasteiger partial charge >= 0.3 is 0 Å². The fourth-order valence-electron chi connectivity index (χ4n) is 1.53. The molecule has 1 aliphatic rings. The fourth-order valence-corrected chi connectivity index (χ4v) is 3.49. The summed E-state index contributed by atoms with van der Waals surface area (Å²) >= 11 is 0. The molecule has 2 atom stereocenters. The van der Waals surface area contributed by atoms with E-state index in [2.05, 4.69) is 0 Å². The monoisotopic (exact) mass is 222 g/mol. The molecule has 1 fully saturated rings. The predicted molar refractivity (Wildman–Crippen MR) is 54.6 cm³/mol. The topological polar surface area (TPSA) is 83.9 Å². The second kappa shape index (κ2) is 3.05. The highest BCUT2D eigenvalue weighted by Crippen LogP contribution is 2.41. The first-order valence-corrected chi connectivity index (χ1v) is 6.04. The van der Waals surface area contributed by atoms with Gasteiger partial charge in [-0.25, -0.2) is 8.42 Å². The minimum Gasteiger partial charge on any atom is -0.312 e. The molecule has 0 bridgehead atoms. The summed E-state index contributed by atoms with van der Waals surface area (Å²) < 4.78 is 23.9. The van der Waals surface area contributed by atoms with Crippen LogP contribution in [0.4, 0.5) is 0 Å². The zero-order valence-corrected chi connectivity index (χ0v) is 8.74. The average molecular weight is 222 g/mol. The highest BCUT2D eigenvalue weighted by Gasteiger charge is 2.60. The molecular weight excluding hydrogens is 212 g/mol. The van der Waals surface area contributed by atoms with Gasteiger partial charge in [0, 0.05) is 0 Å². The van der Waals surface area contributed by atoms with Crippen molar-refractivity contribution in [2.24, 2.45) is 5.73 Å². The van der Waals surface area contributed by atoms with Crippen molar-refractivity contribution in [1.82, 2.24) is 0 Å². The van der Waals surface area contributed by atoms with Crippen molar-refractivity contribution in [2.45, 2.75) is 22.1 Å². The largest absolute Gasteiger partial charge is 0.312 e. The van der Waals surface area contributed by atoms with Crippen molar-refractivity contribution >= 4 is 9.84 Å². The third-order valence-electron chi connectivity index (χ3n) is 2.59. The smallest absolute Gasteiger partial charge is 0.184 e. The van der Waals surface area contributed by atoms with Gasteiger partial charge in [0.05, 0.1) is 11.0 Å². The molecule has 15 heavy (non-hydrogen) atoms. The Balaban J connectivity index is 2.37. The Hall–Kier alpha value is -1.38. The maximum Gasteiger partial charge on any atom is 0.184 e. The molecule has 0 heterocycles. The van der Waals surface area contributed by atoms with Gasteiger partial charge in [-0.05, 0) is 18.6 Å². The van der Waals surface area contributed by atoms with Gasteiger partial charge in [0.2, 0.25) is 0 Å². The van der Waals surface area contributed by atoms with E-state index < -0.39 is 20.6 Å². The van der Waals surface area contributed by atoms with Crippen LogP contribution in [-0.2, 0) is 9.84 Å². The minimum absolute atomic E-state index is 0.223. The van der Waals surface area contributed by atoms with Gasteiger partial charge in [0.1, 0.15) is 10.8 Å². The van der Waals surface area contributed by atoms with E-state index in [1.807, 2.05) is 6.07 Å². The number of rotatable bonds is 2. The van der Waals surface area contributed by atoms with E-state index in [0.29, 0.717) is 0 Å². The number of benzene rings is 1. The van der Waals surface area contributed by atoms with E-state index in [0.717, 1.165) is 0 Å². The summed E-state index contributed by atoms with van der Waals surface area (Å²) in [5.41, 5.74) is 4.39. The number of hydrogen-bond donors (Lipinski definition) is 1. The Morgan fingerprint density at radius 1 is 1.40 bits per heavy atom. The number of nitriles is 1. The zero-order valence-electron chi connectivity index (χ0n) is 7.92. The van der Waals surface area contributed by atoms with Gasteiger partial charge in [0.15, 0.2) is 9.84 Å². The first-order chi connectivity index (χ1) is 7.00. The highest BCUT2D eigenvalue weighted by atomic mass is 32.2. The lowest BCUT2D eigenvalue weighted by atomic mass is 10.3. The molecule has 0 spiro atoms. The highest BCUT2D eigenvalue weighted by molar-refractivity contribution is 7.92. The van der Waals surface area contributed by atoms with Crippen LogP contribution in [0, 0.1) is 11.3 Å². The molecule has 0 saturated heterocycles. The van der Waals surface area contributed by atoms with Crippen LogP contribution in [0.5, 0.6) is 0 Å². The Morgan fingerprint density at radius 3 is 2.47 bits per heavy atom. The van der Waals surface area contributed by atoms with Gasteiger partial charge in [-0.15, -0.1) is 0 Å². The summed E-state index contributed by atoms with van der Waals surface area (Å²) in [6.45, 7) is 0. The van der Waals surface area contributed by atoms with Crippen LogP contribution < -0.4 is 5.73 Å². The fraction of sp³-hybridized carbons (Fsp3) is 0.300. The van der Waals surface area contributed by atoms with Crippen LogP contribution in [-0.4, -0.2) is 19.2 Å². The Kier molecular flexibility index (Phi) is 2.07. The lowest BCUT2D eigenvalue weighted by molar-refractivity contribution is 0.592. The molecule has 0 aromatic heterocycles. The molecule has 0 amide bonds. The molecule has 2 rings (SSSR count). The standard InChI is InChI=1S/C10H10N2O2S/c11-7-10(12)6-9(10)15(13,14)8-4-2-1-3-5-8/h1-5,9H,6,12H2/t9-,10+/m1/s1. The third kappa shape index (κ3) is 1.52.